The minimum Gasteiger partial charge on any atom is -0.494 e. The Morgan fingerprint density at radius 1 is 0.939 bits per heavy atom. The number of amides is 1. The zero-order valence-corrected chi connectivity index (χ0v) is 27.9. The van der Waals surface area contributed by atoms with Crippen molar-refractivity contribution in [2.75, 3.05) is 73.6 Å². The number of nitrogens with one attached hydrogen (secondary N) is 2. The lowest BCUT2D eigenvalue weighted by Crippen LogP contribution is -2.53. The number of nitrogens with zero attached hydrogens (tertiary/aromatic N) is 6. The molecule has 258 valence electrons. The van der Waals surface area contributed by atoms with Crippen LogP contribution in [-0.2, 0) is 9.63 Å². The lowest BCUT2D eigenvalue weighted by Gasteiger charge is -2.43. The maximum atomic E-state index is 12.6. The number of hydrogen-bond acceptors (Lipinski definition) is 11. The highest BCUT2D eigenvalue weighted by atomic mass is 16.7. The maximum Gasteiger partial charge on any atom is 0.335 e. The first-order valence-corrected chi connectivity index (χ1v) is 17.1. The number of aromatic carboxylic acids is 1. The largest absolute Gasteiger partial charge is 0.494 e. The van der Waals surface area contributed by atoms with Crippen molar-refractivity contribution in [3.63, 3.8) is 0 Å². The highest BCUT2D eigenvalue weighted by molar-refractivity contribution is 6.02. The van der Waals surface area contributed by atoms with Crippen molar-refractivity contribution in [2.45, 2.75) is 50.2 Å². The number of anilines is 5. The van der Waals surface area contributed by atoms with E-state index in [1.54, 1.807) is 36.4 Å². The normalized spacial score (nSPS) is 20.6. The Bertz CT molecular complexity index is 1680. The molecule has 1 aromatic heterocycles. The van der Waals surface area contributed by atoms with Gasteiger partial charge < -0.3 is 25.4 Å². The summed E-state index contributed by atoms with van der Waals surface area (Å²) in [5.41, 5.74) is 3.21. The Balaban J connectivity index is 1.08. The summed E-state index contributed by atoms with van der Waals surface area (Å²) in [6, 6.07) is 13.7. The number of carboxylic acid groups (broad SMARTS) is 1. The third-order valence-electron chi connectivity index (χ3n) is 10.1. The van der Waals surface area contributed by atoms with Crippen molar-refractivity contribution in [1.82, 2.24) is 19.8 Å². The van der Waals surface area contributed by atoms with E-state index in [0.717, 1.165) is 56.3 Å². The summed E-state index contributed by atoms with van der Waals surface area (Å²) in [6.45, 7) is 10.5. The molecule has 13 nitrogen and oxygen atoms in total. The van der Waals surface area contributed by atoms with Gasteiger partial charge in [-0.3, -0.25) is 19.4 Å². The number of carbonyl (C=O) groups excluding carboxylic acids is 1. The van der Waals surface area contributed by atoms with Crippen molar-refractivity contribution in [2.24, 2.45) is 0 Å². The minimum atomic E-state index is -0.980. The predicted molar refractivity (Wildman–Crippen MR) is 188 cm³/mol. The number of hydrogen-bond donors (Lipinski definition) is 3. The fourth-order valence-corrected chi connectivity index (χ4v) is 7.31. The van der Waals surface area contributed by atoms with E-state index in [-0.39, 0.29) is 17.5 Å². The molecule has 0 bridgehead atoms. The second kappa shape index (κ2) is 14.4. The molecule has 4 heterocycles. The minimum absolute atomic E-state index is 0.215. The number of piperazine rings is 1. The van der Waals surface area contributed by atoms with Gasteiger partial charge in [-0.15, -0.1) is 0 Å². The van der Waals surface area contributed by atoms with Crippen molar-refractivity contribution in [3.05, 3.63) is 72.6 Å². The van der Waals surface area contributed by atoms with Crippen molar-refractivity contribution in [3.8, 4) is 5.75 Å². The molecule has 13 heteroatoms. The number of methoxy groups -OCH3 is 1. The van der Waals surface area contributed by atoms with Gasteiger partial charge in [0.05, 0.1) is 42.4 Å². The molecule has 1 amide bonds. The number of piperidine rings is 1. The van der Waals surface area contributed by atoms with E-state index in [4.69, 9.17) is 9.57 Å². The number of carboxylic acids is 1. The van der Waals surface area contributed by atoms with E-state index in [2.05, 4.69) is 41.9 Å². The molecule has 0 radical (unpaired) electrons. The van der Waals surface area contributed by atoms with Crippen LogP contribution in [0.3, 0.4) is 0 Å². The molecule has 3 aliphatic heterocycles. The zero-order valence-electron chi connectivity index (χ0n) is 27.9. The van der Waals surface area contributed by atoms with Gasteiger partial charge in [-0.1, -0.05) is 18.7 Å². The van der Waals surface area contributed by atoms with Crippen LogP contribution in [0.15, 0.2) is 61.4 Å². The number of benzene rings is 2. The summed E-state index contributed by atoms with van der Waals surface area (Å²) in [7, 11) is 1.62. The van der Waals surface area contributed by atoms with Gasteiger partial charge in [0.2, 0.25) is 5.91 Å². The van der Waals surface area contributed by atoms with Crippen molar-refractivity contribution in [1.29, 1.82) is 0 Å². The molecule has 4 fully saturated rings. The molecule has 1 aliphatic carbocycles. The zero-order chi connectivity index (χ0) is 33.9. The van der Waals surface area contributed by atoms with Crippen LogP contribution in [0.5, 0.6) is 5.75 Å². The van der Waals surface area contributed by atoms with E-state index in [1.165, 1.54) is 38.3 Å². The molecule has 4 aliphatic rings. The van der Waals surface area contributed by atoms with Gasteiger partial charge in [-0.2, -0.15) is 0 Å². The van der Waals surface area contributed by atoms with Gasteiger partial charge in [-0.05, 0) is 55.5 Å². The molecule has 0 spiro atoms. The molecule has 1 atom stereocenters. The van der Waals surface area contributed by atoms with Gasteiger partial charge in [0.1, 0.15) is 17.9 Å². The molecular formula is C36H44N8O5. The summed E-state index contributed by atoms with van der Waals surface area (Å²) in [5, 5.41) is 17.5. The maximum absolute atomic E-state index is 12.6. The second-order valence-corrected chi connectivity index (χ2v) is 13.1. The second-order valence-electron chi connectivity index (χ2n) is 13.1. The first-order valence-electron chi connectivity index (χ1n) is 17.1. The van der Waals surface area contributed by atoms with E-state index >= 15 is 0 Å². The third-order valence-corrected chi connectivity index (χ3v) is 10.1. The monoisotopic (exact) mass is 668 g/mol. The molecule has 49 heavy (non-hydrogen) atoms. The SMILES string of the molecule is C=CC(=O)Nc1cc(Nc2cc(N3OCCC3c3cccc(C(=O)O)c3)ncn2)c(OC)cc1N1CCC(N2CCN(C3CC3)CC2)CC1. The molecular weight excluding hydrogens is 624 g/mol. The van der Waals surface area contributed by atoms with E-state index < -0.39 is 5.97 Å². The molecule has 2 aromatic carbocycles. The molecule has 1 unspecified atom stereocenters. The number of carbonyl (C=O) groups is 2. The van der Waals surface area contributed by atoms with Crippen LogP contribution in [0, 0.1) is 0 Å². The number of rotatable bonds is 11. The van der Waals surface area contributed by atoms with Gasteiger partial charge in [-0.25, -0.2) is 19.8 Å². The number of hydroxylamine groups is 1. The summed E-state index contributed by atoms with van der Waals surface area (Å²) < 4.78 is 5.86. The van der Waals surface area contributed by atoms with Crippen LogP contribution in [0.2, 0.25) is 0 Å². The number of aromatic nitrogens is 2. The summed E-state index contributed by atoms with van der Waals surface area (Å²) in [5.74, 6) is 0.341. The van der Waals surface area contributed by atoms with Gasteiger partial charge in [0.25, 0.3) is 0 Å². The fourth-order valence-electron chi connectivity index (χ4n) is 7.31. The molecule has 7 rings (SSSR count). The van der Waals surface area contributed by atoms with E-state index in [0.29, 0.717) is 47.8 Å². The molecule has 3 saturated heterocycles. The quantitative estimate of drug-likeness (QED) is 0.245. The van der Waals surface area contributed by atoms with Crippen LogP contribution in [0.4, 0.5) is 28.7 Å². The van der Waals surface area contributed by atoms with Crippen molar-refractivity contribution >= 4 is 40.6 Å². The van der Waals surface area contributed by atoms with Crippen LogP contribution in [0.1, 0.15) is 54.1 Å². The van der Waals surface area contributed by atoms with Gasteiger partial charge in [0.15, 0.2) is 5.82 Å². The smallest absolute Gasteiger partial charge is 0.335 e. The third kappa shape index (κ3) is 7.33. The highest BCUT2D eigenvalue weighted by Gasteiger charge is 2.34. The van der Waals surface area contributed by atoms with E-state index in [1.807, 2.05) is 18.2 Å². The van der Waals surface area contributed by atoms with Crippen LogP contribution >= 0.6 is 0 Å². The van der Waals surface area contributed by atoms with Gasteiger partial charge in [0, 0.05) is 69.9 Å². The Morgan fingerprint density at radius 2 is 1.67 bits per heavy atom. The summed E-state index contributed by atoms with van der Waals surface area (Å²) in [4.78, 5) is 46.7. The standard InChI is InChI=1S/C36H44N8O5/c1-3-35(45)40-28-20-29(32(48-2)21-31(28)43-12-9-27(10-13-43)42-16-14-41(15-17-42)26-7-8-26)39-33-22-34(38-23-37-33)44-30(11-18-49-44)24-5-4-6-25(19-24)36(46)47/h3-6,19-23,26-27,30H,1,7-18H2,2H3,(H,40,45)(H,46,47)(H,37,38,39). The molecule has 3 aromatic rings. The fraction of sp³-hybridized carbons (Fsp3) is 0.444. The van der Waals surface area contributed by atoms with Gasteiger partial charge >= 0.3 is 5.97 Å². The van der Waals surface area contributed by atoms with E-state index in [9.17, 15) is 14.7 Å². The van der Waals surface area contributed by atoms with Crippen LogP contribution in [0.25, 0.3) is 0 Å². The first-order chi connectivity index (χ1) is 23.9. The lowest BCUT2D eigenvalue weighted by atomic mass is 10.0. The Morgan fingerprint density at radius 3 is 2.35 bits per heavy atom. The Hall–Kier alpha value is -4.72. The Kier molecular flexibility index (Phi) is 9.65. The average Bonchev–Trinajstić information content (AvgIpc) is 3.87. The molecule has 1 saturated carbocycles. The van der Waals surface area contributed by atoms with Crippen LogP contribution in [-0.4, -0.2) is 102 Å². The first kappa shape index (κ1) is 32.8. The van der Waals surface area contributed by atoms with Crippen LogP contribution < -0.4 is 25.3 Å². The van der Waals surface area contributed by atoms with Crippen molar-refractivity contribution < 1.29 is 24.3 Å². The molecule has 3 N–H and O–H groups in total. The summed E-state index contributed by atoms with van der Waals surface area (Å²) in [6.07, 6.45) is 8.23. The Labute approximate surface area is 286 Å². The number of ether oxygens (including phenoxy) is 1. The lowest BCUT2D eigenvalue weighted by molar-refractivity contribution is -0.111. The predicted octanol–water partition coefficient (Wildman–Crippen LogP) is 4.68. The summed E-state index contributed by atoms with van der Waals surface area (Å²) >= 11 is 0. The topological polar surface area (TPSA) is 136 Å². The highest BCUT2D eigenvalue weighted by Crippen LogP contribution is 2.41. The average molecular weight is 669 g/mol.